The van der Waals surface area contributed by atoms with E-state index < -0.39 is 11.7 Å². The average molecular weight is 419 g/mol. The minimum Gasteiger partial charge on any atom is -0.496 e. The summed E-state index contributed by atoms with van der Waals surface area (Å²) in [6, 6.07) is 5.32. The van der Waals surface area contributed by atoms with Crippen molar-refractivity contribution in [1.29, 1.82) is 0 Å². The summed E-state index contributed by atoms with van der Waals surface area (Å²) >= 11 is 0. The summed E-state index contributed by atoms with van der Waals surface area (Å²) in [6.07, 6.45) is 5.23. The van der Waals surface area contributed by atoms with Crippen molar-refractivity contribution < 1.29 is 23.8 Å². The number of alkyl carbamates (subject to hydrolysis) is 1. The Labute approximate surface area is 179 Å². The monoisotopic (exact) mass is 418 g/mol. The highest BCUT2D eigenvalue weighted by molar-refractivity contribution is 6.00. The third kappa shape index (κ3) is 4.82. The molecule has 2 atom stereocenters. The highest BCUT2D eigenvalue weighted by Gasteiger charge is 2.43. The normalized spacial score (nSPS) is 21.5. The van der Waals surface area contributed by atoms with E-state index in [4.69, 9.17) is 14.2 Å². The zero-order chi connectivity index (χ0) is 21.9. The van der Waals surface area contributed by atoms with Gasteiger partial charge in [-0.15, -0.1) is 0 Å². The summed E-state index contributed by atoms with van der Waals surface area (Å²) in [5, 5.41) is 3.02. The molecule has 0 unspecified atom stereocenters. The molecule has 0 radical (unpaired) electrons. The molecule has 0 spiro atoms. The van der Waals surface area contributed by atoms with Gasteiger partial charge in [-0.2, -0.15) is 0 Å². The summed E-state index contributed by atoms with van der Waals surface area (Å²) in [5.41, 5.74) is -0.121. The Bertz CT molecular complexity index is 747. The van der Waals surface area contributed by atoms with Gasteiger partial charge in [0.05, 0.1) is 26.3 Å². The van der Waals surface area contributed by atoms with E-state index in [1.807, 2.05) is 31.7 Å². The fourth-order valence-corrected chi connectivity index (χ4v) is 4.34. The van der Waals surface area contributed by atoms with E-state index in [1.165, 1.54) is 0 Å². The van der Waals surface area contributed by atoms with Crippen molar-refractivity contribution in [1.82, 2.24) is 10.2 Å². The quantitative estimate of drug-likeness (QED) is 0.751. The van der Waals surface area contributed by atoms with Crippen molar-refractivity contribution in [2.45, 2.75) is 83.0 Å². The Kier molecular flexibility index (Phi) is 6.78. The maximum Gasteiger partial charge on any atom is 0.407 e. The molecule has 0 heterocycles. The van der Waals surface area contributed by atoms with Crippen LogP contribution in [0.2, 0.25) is 0 Å². The second-order valence-corrected chi connectivity index (χ2v) is 9.09. The smallest absolute Gasteiger partial charge is 0.407 e. The van der Waals surface area contributed by atoms with Crippen LogP contribution in [0.25, 0.3) is 0 Å². The topological polar surface area (TPSA) is 77.1 Å². The zero-order valence-corrected chi connectivity index (χ0v) is 18.7. The second-order valence-electron chi connectivity index (χ2n) is 9.09. The Balaban J connectivity index is 1.88. The Hall–Kier alpha value is -2.44. The number of carbonyl (C=O) groups is 2. The first-order chi connectivity index (χ1) is 14.2. The fourth-order valence-electron chi connectivity index (χ4n) is 4.34. The summed E-state index contributed by atoms with van der Waals surface area (Å²) in [6.45, 7) is 5.53. The number of ether oxygens (including phenoxy) is 3. The molecule has 166 valence electrons. The van der Waals surface area contributed by atoms with E-state index >= 15 is 0 Å². The summed E-state index contributed by atoms with van der Waals surface area (Å²) in [4.78, 5) is 28.2. The number of nitrogens with zero attached hydrogens (tertiary/aromatic N) is 1. The van der Waals surface area contributed by atoms with Crippen LogP contribution in [-0.4, -0.2) is 54.8 Å². The van der Waals surface area contributed by atoms with Gasteiger partial charge in [0.15, 0.2) is 0 Å². The van der Waals surface area contributed by atoms with Crippen LogP contribution < -0.4 is 14.8 Å². The lowest BCUT2D eigenvalue weighted by Gasteiger charge is -2.43. The standard InChI is InChI=1S/C23H34N2O5/c1-23(2,3)30-22(27)24-16-11-7-12-17(16)25(15-9-6-10-15)21(26)20-18(28-4)13-8-14-19(20)29-5/h8,13-17H,6-7,9-12H2,1-5H3,(H,24,27)/t16-,17-/m0/s1. The molecule has 2 aliphatic rings. The highest BCUT2D eigenvalue weighted by atomic mass is 16.6. The third-order valence-corrected chi connectivity index (χ3v) is 5.88. The lowest BCUT2D eigenvalue weighted by Crippen LogP contribution is -2.56. The van der Waals surface area contributed by atoms with Crippen molar-refractivity contribution in [3.8, 4) is 11.5 Å². The molecular weight excluding hydrogens is 384 g/mol. The highest BCUT2D eigenvalue weighted by Crippen LogP contribution is 2.38. The van der Waals surface area contributed by atoms with Gasteiger partial charge in [0.25, 0.3) is 5.91 Å². The minimum absolute atomic E-state index is 0.0788. The predicted molar refractivity (Wildman–Crippen MR) is 114 cm³/mol. The molecule has 0 bridgehead atoms. The van der Waals surface area contributed by atoms with Gasteiger partial charge >= 0.3 is 6.09 Å². The van der Waals surface area contributed by atoms with Gasteiger partial charge in [-0.25, -0.2) is 4.79 Å². The first-order valence-corrected chi connectivity index (χ1v) is 10.8. The van der Waals surface area contributed by atoms with Gasteiger partial charge in [-0.3, -0.25) is 4.79 Å². The Morgan fingerprint density at radius 1 is 1.00 bits per heavy atom. The second kappa shape index (κ2) is 9.14. The molecule has 0 saturated heterocycles. The van der Waals surface area contributed by atoms with Crippen LogP contribution in [0.5, 0.6) is 11.5 Å². The first-order valence-electron chi connectivity index (χ1n) is 10.8. The lowest BCUT2D eigenvalue weighted by molar-refractivity contribution is 0.0317. The van der Waals surface area contributed by atoms with E-state index in [2.05, 4.69) is 5.32 Å². The van der Waals surface area contributed by atoms with Gasteiger partial charge in [0, 0.05) is 6.04 Å². The van der Waals surface area contributed by atoms with E-state index in [0.29, 0.717) is 17.1 Å². The predicted octanol–water partition coefficient (Wildman–Crippen LogP) is 4.14. The molecule has 3 rings (SSSR count). The molecule has 2 saturated carbocycles. The molecule has 7 heteroatoms. The zero-order valence-electron chi connectivity index (χ0n) is 18.7. The summed E-state index contributed by atoms with van der Waals surface area (Å²) in [5.74, 6) is 0.897. The van der Waals surface area contributed by atoms with Crippen molar-refractivity contribution in [3.63, 3.8) is 0 Å². The van der Waals surface area contributed by atoms with Crippen molar-refractivity contribution in [2.24, 2.45) is 0 Å². The van der Waals surface area contributed by atoms with Crippen LogP contribution >= 0.6 is 0 Å². The molecule has 0 aliphatic heterocycles. The van der Waals surface area contributed by atoms with Crippen LogP contribution in [0, 0.1) is 0 Å². The van der Waals surface area contributed by atoms with Gasteiger partial charge in [0.2, 0.25) is 0 Å². The average Bonchev–Trinajstić information content (AvgIpc) is 3.08. The maximum atomic E-state index is 13.8. The number of methoxy groups -OCH3 is 2. The molecule has 2 fully saturated rings. The number of hydrogen-bond acceptors (Lipinski definition) is 5. The number of benzene rings is 1. The summed E-state index contributed by atoms with van der Waals surface area (Å²) < 4.78 is 16.4. The summed E-state index contributed by atoms with van der Waals surface area (Å²) in [7, 11) is 3.11. The number of hydrogen-bond donors (Lipinski definition) is 1. The van der Waals surface area contributed by atoms with Crippen molar-refractivity contribution in [3.05, 3.63) is 23.8 Å². The Morgan fingerprint density at radius 3 is 2.10 bits per heavy atom. The molecule has 30 heavy (non-hydrogen) atoms. The molecule has 1 N–H and O–H groups in total. The molecule has 1 aromatic carbocycles. The van der Waals surface area contributed by atoms with Gasteiger partial charge < -0.3 is 24.4 Å². The number of carbonyl (C=O) groups excluding carboxylic acids is 2. The van der Waals surface area contributed by atoms with Gasteiger partial charge in [0.1, 0.15) is 22.7 Å². The van der Waals surface area contributed by atoms with Crippen molar-refractivity contribution in [2.75, 3.05) is 14.2 Å². The van der Waals surface area contributed by atoms with Crippen LogP contribution in [0.1, 0.15) is 69.7 Å². The molecule has 2 aliphatic carbocycles. The van der Waals surface area contributed by atoms with E-state index in [0.717, 1.165) is 38.5 Å². The van der Waals surface area contributed by atoms with Crippen LogP contribution in [-0.2, 0) is 4.74 Å². The largest absolute Gasteiger partial charge is 0.496 e. The SMILES string of the molecule is COc1cccc(OC)c1C(=O)N(C1CCC1)[C@H]1CCC[C@@H]1NC(=O)OC(C)(C)C. The number of rotatable bonds is 6. The van der Waals surface area contributed by atoms with Gasteiger partial charge in [-0.05, 0) is 71.4 Å². The first kappa shape index (κ1) is 22.2. The van der Waals surface area contributed by atoms with E-state index in [-0.39, 0.29) is 24.0 Å². The fraction of sp³-hybridized carbons (Fsp3) is 0.652. The van der Waals surface area contributed by atoms with Crippen LogP contribution in [0.4, 0.5) is 4.79 Å². The molecular formula is C23H34N2O5. The third-order valence-electron chi connectivity index (χ3n) is 5.88. The molecule has 1 aromatic rings. The van der Waals surface area contributed by atoms with E-state index in [9.17, 15) is 9.59 Å². The molecule has 2 amide bonds. The minimum atomic E-state index is -0.563. The van der Waals surface area contributed by atoms with Crippen LogP contribution in [0.3, 0.4) is 0 Å². The molecule has 0 aromatic heterocycles. The molecule has 7 nitrogen and oxygen atoms in total. The van der Waals surface area contributed by atoms with E-state index in [1.54, 1.807) is 26.4 Å². The van der Waals surface area contributed by atoms with Crippen molar-refractivity contribution >= 4 is 12.0 Å². The maximum absolute atomic E-state index is 13.8. The number of amides is 2. The Morgan fingerprint density at radius 2 is 1.60 bits per heavy atom. The lowest BCUT2D eigenvalue weighted by atomic mass is 9.88. The van der Waals surface area contributed by atoms with Crippen LogP contribution in [0.15, 0.2) is 18.2 Å². The number of nitrogens with one attached hydrogen (secondary N) is 1. The van der Waals surface area contributed by atoms with Gasteiger partial charge in [-0.1, -0.05) is 6.07 Å².